The van der Waals surface area contributed by atoms with Crippen LogP contribution in [0.2, 0.25) is 0 Å². The second kappa shape index (κ2) is 8.40. The quantitative estimate of drug-likeness (QED) is 0.834. The molecule has 0 saturated carbocycles. The number of rotatable bonds is 7. The molecule has 1 fully saturated rings. The maximum Gasteiger partial charge on any atom is 0.119 e. The van der Waals surface area contributed by atoms with Gasteiger partial charge in [-0.15, -0.1) is 0 Å². The van der Waals surface area contributed by atoms with Crippen molar-refractivity contribution in [2.75, 3.05) is 26.2 Å². The number of likely N-dealkylation sites (tertiary alicyclic amines) is 1. The zero-order chi connectivity index (χ0) is 15.1. The molecule has 0 radical (unpaired) electrons. The summed E-state index contributed by atoms with van der Waals surface area (Å²) in [5, 5.41) is 3.58. The van der Waals surface area contributed by atoms with Gasteiger partial charge in [0.2, 0.25) is 0 Å². The summed E-state index contributed by atoms with van der Waals surface area (Å²) in [4.78, 5) is 2.59. The molecular weight excluding hydrogens is 260 g/mol. The van der Waals surface area contributed by atoms with E-state index in [1.54, 1.807) is 0 Å². The average Bonchev–Trinajstić information content (AvgIpc) is 2.48. The van der Waals surface area contributed by atoms with Gasteiger partial charge >= 0.3 is 0 Å². The number of hydrogen-bond donors (Lipinski definition) is 1. The molecule has 1 aliphatic heterocycles. The van der Waals surface area contributed by atoms with E-state index in [1.807, 2.05) is 6.92 Å². The summed E-state index contributed by atoms with van der Waals surface area (Å²) in [5.41, 5.74) is 1.39. The van der Waals surface area contributed by atoms with Gasteiger partial charge in [-0.3, -0.25) is 4.90 Å². The average molecular weight is 290 g/mol. The summed E-state index contributed by atoms with van der Waals surface area (Å²) in [6.07, 6.45) is 2.68. The summed E-state index contributed by atoms with van der Waals surface area (Å²) in [6, 6.07) is 9.15. The van der Waals surface area contributed by atoms with Gasteiger partial charge in [-0.05, 0) is 56.5 Å². The van der Waals surface area contributed by atoms with E-state index in [4.69, 9.17) is 4.74 Å². The van der Waals surface area contributed by atoms with Gasteiger partial charge in [0.05, 0.1) is 6.61 Å². The zero-order valence-electron chi connectivity index (χ0n) is 13.8. The lowest BCUT2D eigenvalue weighted by Crippen LogP contribution is -2.40. The van der Waals surface area contributed by atoms with E-state index in [2.05, 4.69) is 48.3 Å². The van der Waals surface area contributed by atoms with Crippen LogP contribution in [0.3, 0.4) is 0 Å². The van der Waals surface area contributed by atoms with Gasteiger partial charge in [-0.1, -0.05) is 26.0 Å². The van der Waals surface area contributed by atoms with Crippen LogP contribution >= 0.6 is 0 Å². The Kier molecular flexibility index (Phi) is 6.52. The highest BCUT2D eigenvalue weighted by molar-refractivity contribution is 5.27. The third kappa shape index (κ3) is 5.68. The summed E-state index contributed by atoms with van der Waals surface area (Å²) in [5.74, 6) is 1.77. The van der Waals surface area contributed by atoms with E-state index >= 15 is 0 Å². The van der Waals surface area contributed by atoms with Crippen LogP contribution < -0.4 is 10.1 Å². The Balaban J connectivity index is 1.81. The van der Waals surface area contributed by atoms with Crippen LogP contribution in [0.25, 0.3) is 0 Å². The highest BCUT2D eigenvalue weighted by Gasteiger charge is 2.19. The van der Waals surface area contributed by atoms with Crippen molar-refractivity contribution in [2.45, 2.75) is 46.2 Å². The first-order valence-corrected chi connectivity index (χ1v) is 8.35. The number of ether oxygens (including phenoxy) is 1. The van der Waals surface area contributed by atoms with Gasteiger partial charge < -0.3 is 10.1 Å². The van der Waals surface area contributed by atoms with Gasteiger partial charge in [0.1, 0.15) is 5.75 Å². The Bertz CT molecular complexity index is 402. The number of piperidine rings is 1. The van der Waals surface area contributed by atoms with E-state index in [-0.39, 0.29) is 0 Å². The fourth-order valence-electron chi connectivity index (χ4n) is 2.98. The molecule has 0 bridgehead atoms. The normalized spacial score (nSPS) is 19.9. The molecule has 2 rings (SSSR count). The van der Waals surface area contributed by atoms with Crippen molar-refractivity contribution in [1.29, 1.82) is 0 Å². The Morgan fingerprint density at radius 1 is 1.29 bits per heavy atom. The second-order valence-corrected chi connectivity index (χ2v) is 6.38. The predicted molar refractivity (Wildman–Crippen MR) is 88.8 cm³/mol. The topological polar surface area (TPSA) is 24.5 Å². The van der Waals surface area contributed by atoms with E-state index in [9.17, 15) is 0 Å². The molecule has 1 aromatic carbocycles. The second-order valence-electron chi connectivity index (χ2n) is 6.38. The van der Waals surface area contributed by atoms with Crippen molar-refractivity contribution in [2.24, 2.45) is 5.92 Å². The van der Waals surface area contributed by atoms with Crippen LogP contribution in [-0.4, -0.2) is 37.2 Å². The first-order chi connectivity index (χ1) is 10.2. The lowest BCUT2D eigenvalue weighted by atomic mass is 9.97. The van der Waals surface area contributed by atoms with Gasteiger partial charge in [0, 0.05) is 19.1 Å². The Labute approximate surface area is 129 Å². The molecule has 1 aromatic rings. The summed E-state index contributed by atoms with van der Waals surface area (Å²) < 4.78 is 5.50. The third-order valence-electron chi connectivity index (χ3n) is 4.06. The van der Waals surface area contributed by atoms with E-state index in [0.29, 0.717) is 6.04 Å². The van der Waals surface area contributed by atoms with Gasteiger partial charge in [0.15, 0.2) is 0 Å². The smallest absolute Gasteiger partial charge is 0.119 e. The van der Waals surface area contributed by atoms with Crippen molar-refractivity contribution >= 4 is 0 Å². The first-order valence-electron chi connectivity index (χ1n) is 8.35. The number of nitrogens with zero attached hydrogens (tertiary/aromatic N) is 1. The van der Waals surface area contributed by atoms with Crippen LogP contribution in [0.1, 0.15) is 39.2 Å². The molecule has 1 atom stereocenters. The van der Waals surface area contributed by atoms with Crippen molar-refractivity contribution in [1.82, 2.24) is 10.2 Å². The van der Waals surface area contributed by atoms with Gasteiger partial charge in [0.25, 0.3) is 0 Å². The van der Waals surface area contributed by atoms with Crippen molar-refractivity contribution in [3.63, 3.8) is 0 Å². The highest BCUT2D eigenvalue weighted by Crippen LogP contribution is 2.19. The number of hydrogen-bond acceptors (Lipinski definition) is 3. The van der Waals surface area contributed by atoms with Crippen molar-refractivity contribution in [3.05, 3.63) is 29.8 Å². The molecule has 1 unspecified atom stereocenters. The molecule has 1 saturated heterocycles. The molecule has 1 aliphatic rings. The molecule has 0 aromatic heterocycles. The molecule has 118 valence electrons. The summed E-state index contributed by atoms with van der Waals surface area (Å²) >= 11 is 0. The highest BCUT2D eigenvalue weighted by atomic mass is 16.5. The first kappa shape index (κ1) is 16.3. The molecule has 0 spiro atoms. The molecule has 1 heterocycles. The van der Waals surface area contributed by atoms with Crippen LogP contribution in [0.4, 0.5) is 0 Å². The lowest BCUT2D eigenvalue weighted by Gasteiger charge is -2.33. The van der Waals surface area contributed by atoms with Crippen LogP contribution in [0.5, 0.6) is 5.75 Å². The van der Waals surface area contributed by atoms with Crippen LogP contribution in [0.15, 0.2) is 24.3 Å². The number of nitrogens with one attached hydrogen (secondary N) is 1. The SMILES string of the molecule is CCOc1ccc(CN2CCCC(CNC(C)C)C2)cc1. The van der Waals surface area contributed by atoms with Gasteiger partial charge in [-0.2, -0.15) is 0 Å². The van der Waals surface area contributed by atoms with E-state index in [1.165, 1.54) is 31.5 Å². The minimum atomic E-state index is 0.589. The minimum Gasteiger partial charge on any atom is -0.494 e. The summed E-state index contributed by atoms with van der Waals surface area (Å²) in [6.45, 7) is 11.9. The Morgan fingerprint density at radius 2 is 2.05 bits per heavy atom. The van der Waals surface area contributed by atoms with E-state index in [0.717, 1.165) is 31.4 Å². The van der Waals surface area contributed by atoms with E-state index < -0.39 is 0 Å². The lowest BCUT2D eigenvalue weighted by molar-refractivity contribution is 0.164. The van der Waals surface area contributed by atoms with Crippen molar-refractivity contribution in [3.8, 4) is 5.75 Å². The van der Waals surface area contributed by atoms with Crippen molar-refractivity contribution < 1.29 is 4.74 Å². The fraction of sp³-hybridized carbons (Fsp3) is 0.667. The zero-order valence-corrected chi connectivity index (χ0v) is 13.8. The summed E-state index contributed by atoms with van der Waals surface area (Å²) in [7, 11) is 0. The Hall–Kier alpha value is -1.06. The molecule has 21 heavy (non-hydrogen) atoms. The monoisotopic (exact) mass is 290 g/mol. The van der Waals surface area contributed by atoms with Gasteiger partial charge in [-0.25, -0.2) is 0 Å². The molecule has 3 heteroatoms. The predicted octanol–water partition coefficient (Wildman–Crippen LogP) is 3.30. The number of benzene rings is 1. The van der Waals surface area contributed by atoms with Crippen LogP contribution in [-0.2, 0) is 6.54 Å². The molecule has 3 nitrogen and oxygen atoms in total. The maximum absolute atomic E-state index is 5.50. The third-order valence-corrected chi connectivity index (χ3v) is 4.06. The Morgan fingerprint density at radius 3 is 2.71 bits per heavy atom. The molecule has 1 N–H and O–H groups in total. The minimum absolute atomic E-state index is 0.589. The standard InChI is InChI=1S/C18H30N2O/c1-4-21-18-9-7-16(8-10-18)13-20-11-5-6-17(14-20)12-19-15(2)3/h7-10,15,17,19H,4-6,11-14H2,1-3H3. The maximum atomic E-state index is 5.50. The fourth-order valence-corrected chi connectivity index (χ4v) is 2.98. The molecule has 0 amide bonds. The van der Waals surface area contributed by atoms with Crippen LogP contribution in [0, 0.1) is 5.92 Å². The molecule has 0 aliphatic carbocycles. The largest absolute Gasteiger partial charge is 0.494 e. The molecular formula is C18H30N2O.